The number of H-pyrrole nitrogens is 1. The first-order valence-electron chi connectivity index (χ1n) is 7.68. The molecule has 6 N–H and O–H groups in total. The maximum atomic E-state index is 11.8. The zero-order valence-electron chi connectivity index (χ0n) is 14.3. The first-order valence-corrected chi connectivity index (χ1v) is 7.68. The zero-order chi connectivity index (χ0) is 18.8. The van der Waals surface area contributed by atoms with Crippen molar-refractivity contribution < 1.29 is 19.1 Å². The van der Waals surface area contributed by atoms with Gasteiger partial charge in [0, 0.05) is 17.0 Å². The van der Waals surface area contributed by atoms with Crippen LogP contribution in [0.3, 0.4) is 0 Å². The molecule has 0 bridgehead atoms. The van der Waals surface area contributed by atoms with Crippen LogP contribution in [-0.4, -0.2) is 31.1 Å². The van der Waals surface area contributed by atoms with E-state index in [4.69, 9.17) is 20.9 Å². The topological polar surface area (TPSA) is 132 Å². The number of methoxy groups -OCH3 is 2. The Bertz CT molecular complexity index is 988. The van der Waals surface area contributed by atoms with Crippen LogP contribution in [0.25, 0.3) is 22.0 Å². The number of ether oxygens (including phenoxy) is 2. The molecule has 0 aliphatic carbocycles. The molecule has 8 heteroatoms. The highest BCUT2D eigenvalue weighted by Crippen LogP contribution is 2.33. The van der Waals surface area contributed by atoms with Crippen LogP contribution < -0.4 is 26.3 Å². The van der Waals surface area contributed by atoms with Gasteiger partial charge in [0.05, 0.1) is 19.8 Å². The Morgan fingerprint density at radius 2 is 1.62 bits per heavy atom. The average molecular weight is 354 g/mol. The molecule has 1 aromatic heterocycles. The van der Waals surface area contributed by atoms with Gasteiger partial charge in [-0.15, -0.1) is 0 Å². The van der Waals surface area contributed by atoms with E-state index in [9.17, 15) is 9.59 Å². The lowest BCUT2D eigenvalue weighted by Gasteiger charge is -2.09. The number of rotatable bonds is 5. The van der Waals surface area contributed by atoms with E-state index in [1.54, 1.807) is 26.4 Å². The maximum Gasteiger partial charge on any atom is 0.317 e. The summed E-state index contributed by atoms with van der Waals surface area (Å²) in [5.41, 5.74) is 13.1. The number of aromatic nitrogens is 1. The molecular formula is C18H18N4O4. The first-order chi connectivity index (χ1) is 12.4. The molecule has 0 atom stereocenters. The Morgan fingerprint density at radius 3 is 2.15 bits per heavy atom. The molecule has 0 fully saturated rings. The number of aromatic amines is 1. The Balaban J connectivity index is 2.16. The predicted octanol–water partition coefficient (Wildman–Crippen LogP) is 2.44. The van der Waals surface area contributed by atoms with E-state index in [1.807, 2.05) is 24.3 Å². The van der Waals surface area contributed by atoms with Crippen molar-refractivity contribution >= 4 is 28.7 Å². The number of nitrogens with one attached hydrogen (secondary N) is 2. The molecule has 0 radical (unpaired) electrons. The van der Waals surface area contributed by atoms with Gasteiger partial charge in [0.15, 0.2) is 0 Å². The average Bonchev–Trinajstić information content (AvgIpc) is 2.97. The number of amides is 3. The molecule has 1 heterocycles. The van der Waals surface area contributed by atoms with Gasteiger partial charge in [0.25, 0.3) is 5.91 Å². The third-order valence-corrected chi connectivity index (χ3v) is 3.98. The Hall–Kier alpha value is -3.68. The number of primary amides is 2. The van der Waals surface area contributed by atoms with Crippen molar-refractivity contribution in [1.82, 2.24) is 4.98 Å². The van der Waals surface area contributed by atoms with E-state index in [0.29, 0.717) is 22.4 Å². The summed E-state index contributed by atoms with van der Waals surface area (Å²) in [6.45, 7) is 0. The van der Waals surface area contributed by atoms with Gasteiger partial charge in [0.1, 0.15) is 17.3 Å². The molecule has 3 rings (SSSR count). The second-order valence-corrected chi connectivity index (χ2v) is 5.59. The standard InChI is InChI=1S/C18H18N4O4/c1-25-11-5-10(6-12(8-11)26-2)9-3-4-13-14(7-9)21-17(22-18(20)24)15(13)16(19)23/h3-8,21H,1-2H3,(H2,19,23)(H3,20,22,24). The van der Waals surface area contributed by atoms with E-state index in [0.717, 1.165) is 11.1 Å². The molecule has 0 aliphatic heterocycles. The second kappa shape index (κ2) is 6.67. The quantitative estimate of drug-likeness (QED) is 0.560. The summed E-state index contributed by atoms with van der Waals surface area (Å²) in [6, 6.07) is 10.1. The number of anilines is 1. The van der Waals surface area contributed by atoms with Crippen molar-refractivity contribution in [2.75, 3.05) is 19.5 Å². The zero-order valence-corrected chi connectivity index (χ0v) is 14.3. The molecule has 0 aliphatic rings. The minimum absolute atomic E-state index is 0.167. The van der Waals surface area contributed by atoms with Gasteiger partial charge in [-0.25, -0.2) is 4.79 Å². The van der Waals surface area contributed by atoms with Gasteiger partial charge in [-0.05, 0) is 29.3 Å². The van der Waals surface area contributed by atoms with E-state index < -0.39 is 11.9 Å². The van der Waals surface area contributed by atoms with Crippen LogP contribution in [0, 0.1) is 0 Å². The number of urea groups is 1. The molecule has 134 valence electrons. The van der Waals surface area contributed by atoms with Crippen LogP contribution >= 0.6 is 0 Å². The van der Waals surface area contributed by atoms with Crippen LogP contribution in [-0.2, 0) is 0 Å². The van der Waals surface area contributed by atoms with Gasteiger partial charge in [0.2, 0.25) is 0 Å². The molecule has 8 nitrogen and oxygen atoms in total. The third kappa shape index (κ3) is 3.12. The molecule has 3 aromatic rings. The lowest BCUT2D eigenvalue weighted by atomic mass is 10.0. The number of hydrogen-bond acceptors (Lipinski definition) is 4. The molecular weight excluding hydrogens is 336 g/mol. The number of fused-ring (bicyclic) bond motifs is 1. The van der Waals surface area contributed by atoms with E-state index in [-0.39, 0.29) is 11.4 Å². The fourth-order valence-electron chi connectivity index (χ4n) is 2.82. The van der Waals surface area contributed by atoms with Gasteiger partial charge in [-0.1, -0.05) is 12.1 Å². The highest BCUT2D eigenvalue weighted by atomic mass is 16.5. The van der Waals surface area contributed by atoms with E-state index in [1.165, 1.54) is 0 Å². The van der Waals surface area contributed by atoms with E-state index in [2.05, 4.69) is 10.3 Å². The highest BCUT2D eigenvalue weighted by Gasteiger charge is 2.18. The molecule has 0 saturated heterocycles. The summed E-state index contributed by atoms with van der Waals surface area (Å²) in [6.07, 6.45) is 0. The normalized spacial score (nSPS) is 10.5. The monoisotopic (exact) mass is 354 g/mol. The van der Waals surface area contributed by atoms with Crippen LogP contribution in [0.4, 0.5) is 10.6 Å². The Kier molecular flexibility index (Phi) is 4.40. The lowest BCUT2D eigenvalue weighted by molar-refractivity contribution is 0.100. The van der Waals surface area contributed by atoms with E-state index >= 15 is 0 Å². The van der Waals surface area contributed by atoms with Gasteiger partial charge >= 0.3 is 6.03 Å². The summed E-state index contributed by atoms with van der Waals surface area (Å²) in [4.78, 5) is 25.9. The summed E-state index contributed by atoms with van der Waals surface area (Å²) in [7, 11) is 3.15. The summed E-state index contributed by atoms with van der Waals surface area (Å²) < 4.78 is 10.6. The van der Waals surface area contributed by atoms with Crippen molar-refractivity contribution in [2.24, 2.45) is 11.5 Å². The molecule has 2 aromatic carbocycles. The number of nitrogens with two attached hydrogens (primary N) is 2. The fourth-order valence-corrected chi connectivity index (χ4v) is 2.82. The number of carbonyl (C=O) groups is 2. The minimum Gasteiger partial charge on any atom is -0.497 e. The fraction of sp³-hybridized carbons (Fsp3) is 0.111. The van der Waals surface area contributed by atoms with Crippen LogP contribution in [0.5, 0.6) is 11.5 Å². The van der Waals surface area contributed by atoms with Crippen molar-refractivity contribution in [1.29, 1.82) is 0 Å². The molecule has 0 unspecified atom stereocenters. The maximum absolute atomic E-state index is 11.8. The van der Waals surface area contributed by atoms with Crippen molar-refractivity contribution in [3.8, 4) is 22.6 Å². The Morgan fingerprint density at radius 1 is 0.962 bits per heavy atom. The molecule has 3 amide bonds. The summed E-state index contributed by atoms with van der Waals surface area (Å²) in [5, 5.41) is 2.97. The number of benzene rings is 2. The second-order valence-electron chi connectivity index (χ2n) is 5.59. The van der Waals surface area contributed by atoms with Crippen molar-refractivity contribution in [3.05, 3.63) is 42.0 Å². The molecule has 0 spiro atoms. The lowest BCUT2D eigenvalue weighted by Crippen LogP contribution is -2.22. The van der Waals surface area contributed by atoms with Gasteiger partial charge < -0.3 is 25.9 Å². The first kappa shape index (κ1) is 17.2. The molecule has 26 heavy (non-hydrogen) atoms. The van der Waals surface area contributed by atoms with Crippen LogP contribution in [0.1, 0.15) is 10.4 Å². The van der Waals surface area contributed by atoms with Crippen LogP contribution in [0.2, 0.25) is 0 Å². The SMILES string of the molecule is COc1cc(OC)cc(-c2ccc3c(C(N)=O)c(NC(N)=O)[nH]c3c2)c1. The largest absolute Gasteiger partial charge is 0.497 e. The van der Waals surface area contributed by atoms with Crippen LogP contribution in [0.15, 0.2) is 36.4 Å². The Labute approximate surface area is 149 Å². The minimum atomic E-state index is -0.795. The third-order valence-electron chi connectivity index (χ3n) is 3.98. The predicted molar refractivity (Wildman–Crippen MR) is 98.6 cm³/mol. The summed E-state index contributed by atoms with van der Waals surface area (Å²) >= 11 is 0. The molecule has 0 saturated carbocycles. The van der Waals surface area contributed by atoms with Gasteiger partial charge in [-0.2, -0.15) is 0 Å². The number of hydrogen-bond donors (Lipinski definition) is 4. The van der Waals surface area contributed by atoms with Crippen molar-refractivity contribution in [3.63, 3.8) is 0 Å². The highest BCUT2D eigenvalue weighted by molar-refractivity contribution is 6.13. The smallest absolute Gasteiger partial charge is 0.317 e. The summed E-state index contributed by atoms with van der Waals surface area (Å²) in [5.74, 6) is 0.802. The van der Waals surface area contributed by atoms with Gasteiger partial charge in [-0.3, -0.25) is 10.1 Å². The number of carbonyl (C=O) groups excluding carboxylic acids is 2. The van der Waals surface area contributed by atoms with Crippen molar-refractivity contribution in [2.45, 2.75) is 0 Å².